The third-order valence-electron chi connectivity index (χ3n) is 2.59. The zero-order valence-electron chi connectivity index (χ0n) is 10.9. The van der Waals surface area contributed by atoms with Crippen molar-refractivity contribution in [2.75, 3.05) is 11.9 Å². The van der Waals surface area contributed by atoms with Gasteiger partial charge in [0, 0.05) is 19.0 Å². The van der Waals surface area contributed by atoms with Crippen LogP contribution in [0.1, 0.15) is 17.0 Å². The molecule has 0 saturated heterocycles. The first kappa shape index (κ1) is 14.7. The van der Waals surface area contributed by atoms with Gasteiger partial charge in [0.15, 0.2) is 5.76 Å². The van der Waals surface area contributed by atoms with Gasteiger partial charge >= 0.3 is 0 Å². The van der Waals surface area contributed by atoms with Gasteiger partial charge < -0.3 is 15.1 Å². The number of carbonyl (C=O) groups excluding carboxylic acids is 2. The van der Waals surface area contributed by atoms with Crippen LogP contribution in [0.5, 0.6) is 0 Å². The van der Waals surface area contributed by atoms with Gasteiger partial charge in [0.05, 0.1) is 12.0 Å². The zero-order chi connectivity index (χ0) is 15.2. The number of furan rings is 1. The van der Waals surface area contributed by atoms with Crippen molar-refractivity contribution < 1.29 is 22.8 Å². The molecule has 0 saturated carbocycles. The molecule has 0 fully saturated rings. The summed E-state index contributed by atoms with van der Waals surface area (Å²) < 4.78 is 31.1. The van der Waals surface area contributed by atoms with Crippen LogP contribution in [-0.4, -0.2) is 18.4 Å². The maximum absolute atomic E-state index is 13.3. The van der Waals surface area contributed by atoms with Crippen LogP contribution in [0.15, 0.2) is 41.0 Å². The molecule has 0 unspecified atom stereocenters. The predicted octanol–water partition coefficient (Wildman–Crippen LogP) is 2.32. The van der Waals surface area contributed by atoms with Crippen molar-refractivity contribution >= 4 is 17.5 Å². The summed E-state index contributed by atoms with van der Waals surface area (Å²) in [7, 11) is 0. The molecule has 0 spiro atoms. The second kappa shape index (κ2) is 6.65. The Kier molecular flexibility index (Phi) is 4.65. The second-order valence-corrected chi connectivity index (χ2v) is 4.16. The summed E-state index contributed by atoms with van der Waals surface area (Å²) in [6.45, 7) is 0.0439. The van der Waals surface area contributed by atoms with Gasteiger partial charge in [0.2, 0.25) is 5.91 Å². The summed E-state index contributed by atoms with van der Waals surface area (Å²) in [4.78, 5) is 23.1. The van der Waals surface area contributed by atoms with Crippen LogP contribution in [0, 0.1) is 11.6 Å². The Morgan fingerprint density at radius 2 is 2.00 bits per heavy atom. The lowest BCUT2D eigenvalue weighted by atomic mass is 10.3. The number of carbonyl (C=O) groups is 2. The zero-order valence-corrected chi connectivity index (χ0v) is 10.9. The van der Waals surface area contributed by atoms with E-state index in [2.05, 4.69) is 10.6 Å². The number of anilines is 1. The molecule has 0 aliphatic carbocycles. The maximum Gasteiger partial charge on any atom is 0.286 e. The van der Waals surface area contributed by atoms with E-state index in [0.29, 0.717) is 0 Å². The second-order valence-electron chi connectivity index (χ2n) is 4.16. The molecule has 2 amide bonds. The summed E-state index contributed by atoms with van der Waals surface area (Å²) in [5.41, 5.74) is -0.239. The van der Waals surface area contributed by atoms with Crippen LogP contribution in [0.2, 0.25) is 0 Å². The van der Waals surface area contributed by atoms with Gasteiger partial charge in [-0.15, -0.1) is 0 Å². The van der Waals surface area contributed by atoms with E-state index < -0.39 is 23.4 Å². The minimum Gasteiger partial charge on any atom is -0.459 e. The third-order valence-corrected chi connectivity index (χ3v) is 2.59. The van der Waals surface area contributed by atoms with E-state index in [-0.39, 0.29) is 24.4 Å². The van der Waals surface area contributed by atoms with E-state index in [1.165, 1.54) is 12.3 Å². The fourth-order valence-corrected chi connectivity index (χ4v) is 1.59. The van der Waals surface area contributed by atoms with Gasteiger partial charge in [-0.3, -0.25) is 9.59 Å². The van der Waals surface area contributed by atoms with E-state index in [9.17, 15) is 18.4 Å². The summed E-state index contributed by atoms with van der Waals surface area (Å²) >= 11 is 0. The van der Waals surface area contributed by atoms with Crippen molar-refractivity contribution in [3.8, 4) is 0 Å². The molecular weight excluding hydrogens is 282 g/mol. The molecule has 110 valence electrons. The van der Waals surface area contributed by atoms with Gasteiger partial charge in [-0.1, -0.05) is 0 Å². The summed E-state index contributed by atoms with van der Waals surface area (Å²) in [6, 6.07) is 5.80. The average Bonchev–Trinajstić information content (AvgIpc) is 2.97. The van der Waals surface area contributed by atoms with Crippen LogP contribution in [0.4, 0.5) is 14.5 Å². The highest BCUT2D eigenvalue weighted by Gasteiger charge is 2.10. The highest BCUT2D eigenvalue weighted by molar-refractivity contribution is 5.93. The number of benzene rings is 1. The van der Waals surface area contributed by atoms with Gasteiger partial charge in [-0.25, -0.2) is 8.78 Å². The molecule has 0 aliphatic heterocycles. The minimum absolute atomic E-state index is 0.0439. The Balaban J connectivity index is 1.80. The van der Waals surface area contributed by atoms with Crippen molar-refractivity contribution in [3.05, 3.63) is 54.0 Å². The van der Waals surface area contributed by atoms with Crippen LogP contribution >= 0.6 is 0 Å². The quantitative estimate of drug-likeness (QED) is 0.889. The lowest BCUT2D eigenvalue weighted by Crippen LogP contribution is -2.27. The van der Waals surface area contributed by atoms with Crippen LogP contribution < -0.4 is 10.6 Å². The number of hydrogen-bond acceptors (Lipinski definition) is 3. The van der Waals surface area contributed by atoms with Crippen molar-refractivity contribution in [2.24, 2.45) is 0 Å². The molecule has 1 aromatic heterocycles. The molecule has 0 atom stereocenters. The highest BCUT2D eigenvalue weighted by Crippen LogP contribution is 2.15. The van der Waals surface area contributed by atoms with Gasteiger partial charge in [-0.05, 0) is 24.3 Å². The fraction of sp³-hybridized carbons (Fsp3) is 0.143. The number of halogens is 2. The van der Waals surface area contributed by atoms with E-state index in [0.717, 1.165) is 18.2 Å². The molecular formula is C14H12F2N2O3. The fourth-order valence-electron chi connectivity index (χ4n) is 1.59. The van der Waals surface area contributed by atoms with Crippen molar-refractivity contribution in [1.82, 2.24) is 5.32 Å². The first-order valence-corrected chi connectivity index (χ1v) is 6.13. The molecule has 1 aromatic carbocycles. The highest BCUT2D eigenvalue weighted by atomic mass is 19.1. The van der Waals surface area contributed by atoms with Crippen LogP contribution in [-0.2, 0) is 4.79 Å². The van der Waals surface area contributed by atoms with Gasteiger partial charge in [0.25, 0.3) is 5.91 Å². The Morgan fingerprint density at radius 3 is 2.71 bits per heavy atom. The maximum atomic E-state index is 13.3. The SMILES string of the molecule is O=C(CCNC(=O)c1ccco1)Nc1cc(F)ccc1F. The Hall–Kier alpha value is -2.70. The number of amides is 2. The summed E-state index contributed by atoms with van der Waals surface area (Å²) in [5.74, 6) is -2.25. The largest absolute Gasteiger partial charge is 0.459 e. The van der Waals surface area contributed by atoms with E-state index in [4.69, 9.17) is 4.42 Å². The molecule has 0 radical (unpaired) electrons. The smallest absolute Gasteiger partial charge is 0.286 e. The topological polar surface area (TPSA) is 71.3 Å². The lowest BCUT2D eigenvalue weighted by Gasteiger charge is -2.07. The van der Waals surface area contributed by atoms with Crippen LogP contribution in [0.3, 0.4) is 0 Å². The Labute approximate surface area is 118 Å². The van der Waals surface area contributed by atoms with E-state index in [1.807, 2.05) is 0 Å². The predicted molar refractivity (Wildman–Crippen MR) is 70.6 cm³/mol. The molecule has 1 heterocycles. The average molecular weight is 294 g/mol. The van der Waals surface area contributed by atoms with Crippen molar-refractivity contribution in [1.29, 1.82) is 0 Å². The van der Waals surface area contributed by atoms with Crippen LogP contribution in [0.25, 0.3) is 0 Å². The lowest BCUT2D eigenvalue weighted by molar-refractivity contribution is -0.116. The number of rotatable bonds is 5. The number of hydrogen-bond donors (Lipinski definition) is 2. The van der Waals surface area contributed by atoms with Crippen molar-refractivity contribution in [2.45, 2.75) is 6.42 Å². The standard InChI is InChI=1S/C14H12F2N2O3/c15-9-3-4-10(16)11(8-9)18-13(19)5-6-17-14(20)12-2-1-7-21-12/h1-4,7-8H,5-6H2,(H,17,20)(H,18,19). The molecule has 5 nitrogen and oxygen atoms in total. The first-order valence-electron chi connectivity index (χ1n) is 6.13. The molecule has 2 aromatic rings. The molecule has 2 N–H and O–H groups in total. The summed E-state index contributed by atoms with van der Waals surface area (Å²) in [6.07, 6.45) is 1.27. The summed E-state index contributed by atoms with van der Waals surface area (Å²) in [5, 5.41) is 4.70. The minimum atomic E-state index is -0.732. The molecule has 2 rings (SSSR count). The van der Waals surface area contributed by atoms with E-state index >= 15 is 0 Å². The molecule has 0 bridgehead atoms. The Morgan fingerprint density at radius 1 is 1.19 bits per heavy atom. The first-order chi connectivity index (χ1) is 10.1. The monoisotopic (exact) mass is 294 g/mol. The molecule has 7 heteroatoms. The van der Waals surface area contributed by atoms with Gasteiger partial charge in [0.1, 0.15) is 11.6 Å². The van der Waals surface area contributed by atoms with Crippen molar-refractivity contribution in [3.63, 3.8) is 0 Å². The number of nitrogens with one attached hydrogen (secondary N) is 2. The Bertz CT molecular complexity index is 642. The third kappa shape index (κ3) is 4.13. The van der Waals surface area contributed by atoms with E-state index in [1.54, 1.807) is 6.07 Å². The molecule has 21 heavy (non-hydrogen) atoms. The van der Waals surface area contributed by atoms with Gasteiger partial charge in [-0.2, -0.15) is 0 Å². The molecule has 0 aliphatic rings. The normalized spacial score (nSPS) is 10.2.